The average Bonchev–Trinajstić information content (AvgIpc) is 2.47. The first-order valence-electron chi connectivity index (χ1n) is 6.73. The van der Waals surface area contributed by atoms with Crippen LogP contribution in [0.4, 0.5) is 0 Å². The van der Waals surface area contributed by atoms with E-state index in [2.05, 4.69) is 5.32 Å². The maximum Gasteiger partial charge on any atom is 0.258 e. The zero-order valence-corrected chi connectivity index (χ0v) is 11.8. The van der Waals surface area contributed by atoms with Crippen molar-refractivity contribution in [3.8, 4) is 5.75 Å². The average molecular weight is 276 g/mol. The fourth-order valence-corrected chi connectivity index (χ4v) is 2.05. The summed E-state index contributed by atoms with van der Waals surface area (Å²) in [4.78, 5) is 12.0. The molecule has 1 heterocycles. The molecule has 0 bridgehead atoms. The number of fused-ring (bicyclic) bond motifs is 1. The Morgan fingerprint density at radius 1 is 1.35 bits per heavy atom. The van der Waals surface area contributed by atoms with Crippen molar-refractivity contribution in [3.05, 3.63) is 40.8 Å². The summed E-state index contributed by atoms with van der Waals surface area (Å²) in [5.41, 5.74) is -0.0545. The van der Waals surface area contributed by atoms with Crippen molar-refractivity contribution in [1.82, 2.24) is 9.88 Å². The molecule has 108 valence electrons. The van der Waals surface area contributed by atoms with Gasteiger partial charge in [0.15, 0.2) is 0 Å². The van der Waals surface area contributed by atoms with Crippen LogP contribution in [0.5, 0.6) is 5.75 Å². The van der Waals surface area contributed by atoms with Crippen LogP contribution in [-0.2, 0) is 7.05 Å². The number of hydrogen-bond acceptors (Lipinski definition) is 4. The molecule has 0 radical (unpaired) electrons. The second-order valence-electron chi connectivity index (χ2n) is 4.73. The molecule has 0 aliphatic carbocycles. The fourth-order valence-electron chi connectivity index (χ4n) is 2.05. The molecule has 5 nitrogen and oxygen atoms in total. The highest BCUT2D eigenvalue weighted by atomic mass is 16.5. The highest BCUT2D eigenvalue weighted by molar-refractivity contribution is 5.87. The predicted molar refractivity (Wildman–Crippen MR) is 79.2 cm³/mol. The van der Waals surface area contributed by atoms with E-state index in [1.165, 1.54) is 4.57 Å². The van der Waals surface area contributed by atoms with Gasteiger partial charge >= 0.3 is 0 Å². The first-order chi connectivity index (χ1) is 9.63. The van der Waals surface area contributed by atoms with Crippen LogP contribution in [0.2, 0.25) is 0 Å². The van der Waals surface area contributed by atoms with Crippen molar-refractivity contribution >= 4 is 10.8 Å². The molecule has 2 aromatic rings. The molecule has 0 spiro atoms. The lowest BCUT2D eigenvalue weighted by Gasteiger charge is -2.14. The monoisotopic (exact) mass is 276 g/mol. The minimum absolute atomic E-state index is 0.0545. The van der Waals surface area contributed by atoms with Gasteiger partial charge in [0.2, 0.25) is 0 Å². The lowest BCUT2D eigenvalue weighted by atomic mass is 10.1. The fraction of sp³-hybridized carbons (Fsp3) is 0.400. The number of likely N-dealkylation sites (N-methyl/N-ethyl adjacent to an activating group) is 1. The number of ether oxygens (including phenoxy) is 1. The molecule has 2 rings (SSSR count). The van der Waals surface area contributed by atoms with E-state index in [4.69, 9.17) is 4.74 Å². The largest absolute Gasteiger partial charge is 0.489 e. The van der Waals surface area contributed by atoms with Crippen LogP contribution < -0.4 is 15.6 Å². The van der Waals surface area contributed by atoms with Gasteiger partial charge in [0, 0.05) is 25.2 Å². The minimum Gasteiger partial charge on any atom is -0.489 e. The Balaban J connectivity index is 2.22. The van der Waals surface area contributed by atoms with E-state index >= 15 is 0 Å². The van der Waals surface area contributed by atoms with Gasteiger partial charge in [-0.05, 0) is 12.6 Å². The molecule has 0 saturated heterocycles. The summed E-state index contributed by atoms with van der Waals surface area (Å²) in [5.74, 6) is 0.609. The topological polar surface area (TPSA) is 63.5 Å². The standard InChI is InChI=1S/C15H20N2O3/c1-3-16-8-11(18)10-20-14-9-17(2)15(19)13-7-5-4-6-12(13)14/h4-7,9,11,16,18H,3,8,10H2,1-2H3. The normalized spacial score (nSPS) is 12.6. The molecular formula is C15H20N2O3. The molecule has 0 fully saturated rings. The van der Waals surface area contributed by atoms with Crippen LogP contribution in [0.15, 0.2) is 35.3 Å². The number of aliphatic hydroxyl groups excluding tert-OH is 1. The third kappa shape index (κ3) is 3.18. The summed E-state index contributed by atoms with van der Waals surface area (Å²) < 4.78 is 7.16. The molecule has 2 N–H and O–H groups in total. The maximum atomic E-state index is 12.0. The van der Waals surface area contributed by atoms with Crippen molar-refractivity contribution in [2.24, 2.45) is 7.05 Å². The smallest absolute Gasteiger partial charge is 0.258 e. The number of pyridine rings is 1. The molecule has 1 atom stereocenters. The zero-order valence-electron chi connectivity index (χ0n) is 11.8. The Bertz CT molecular complexity index is 637. The van der Waals surface area contributed by atoms with E-state index in [9.17, 15) is 9.90 Å². The predicted octanol–water partition coefficient (Wildman–Crippen LogP) is 0.888. The van der Waals surface area contributed by atoms with Crippen LogP contribution in [0.3, 0.4) is 0 Å². The Morgan fingerprint density at radius 3 is 2.75 bits per heavy atom. The van der Waals surface area contributed by atoms with Gasteiger partial charge in [-0.25, -0.2) is 0 Å². The van der Waals surface area contributed by atoms with Gasteiger partial charge in [0.1, 0.15) is 18.5 Å². The third-order valence-corrected chi connectivity index (χ3v) is 3.12. The molecule has 5 heteroatoms. The Morgan fingerprint density at radius 2 is 2.05 bits per heavy atom. The van der Waals surface area contributed by atoms with Crippen LogP contribution in [0.25, 0.3) is 10.8 Å². The Kier molecular flexibility index (Phi) is 4.76. The highest BCUT2D eigenvalue weighted by Gasteiger charge is 2.10. The van der Waals surface area contributed by atoms with Crippen molar-refractivity contribution in [1.29, 1.82) is 0 Å². The summed E-state index contributed by atoms with van der Waals surface area (Å²) in [6.07, 6.45) is 1.08. The van der Waals surface area contributed by atoms with Gasteiger partial charge in [-0.15, -0.1) is 0 Å². The molecule has 0 aliphatic heterocycles. The number of aryl methyl sites for hydroxylation is 1. The number of nitrogens with one attached hydrogen (secondary N) is 1. The van der Waals surface area contributed by atoms with E-state index in [-0.39, 0.29) is 12.2 Å². The van der Waals surface area contributed by atoms with E-state index < -0.39 is 6.10 Å². The third-order valence-electron chi connectivity index (χ3n) is 3.12. The minimum atomic E-state index is -0.578. The lowest BCUT2D eigenvalue weighted by Crippen LogP contribution is -2.31. The summed E-state index contributed by atoms with van der Waals surface area (Å²) in [6, 6.07) is 7.32. The van der Waals surface area contributed by atoms with Gasteiger partial charge in [0.05, 0.1) is 5.39 Å². The number of benzene rings is 1. The van der Waals surface area contributed by atoms with E-state index in [1.807, 2.05) is 25.1 Å². The number of aliphatic hydroxyl groups is 1. The zero-order chi connectivity index (χ0) is 14.5. The molecule has 0 amide bonds. The lowest BCUT2D eigenvalue weighted by molar-refractivity contribution is 0.107. The number of rotatable bonds is 6. The van der Waals surface area contributed by atoms with Gasteiger partial charge in [0.25, 0.3) is 5.56 Å². The first-order valence-corrected chi connectivity index (χ1v) is 6.73. The number of hydrogen-bond donors (Lipinski definition) is 2. The summed E-state index contributed by atoms with van der Waals surface area (Å²) >= 11 is 0. The van der Waals surface area contributed by atoms with Crippen molar-refractivity contribution < 1.29 is 9.84 Å². The van der Waals surface area contributed by atoms with Crippen molar-refractivity contribution in [3.63, 3.8) is 0 Å². The number of aromatic nitrogens is 1. The van der Waals surface area contributed by atoms with Gasteiger partial charge in [-0.1, -0.05) is 25.1 Å². The SMILES string of the molecule is CCNCC(O)COc1cn(C)c(=O)c2ccccc12. The van der Waals surface area contributed by atoms with E-state index in [0.717, 1.165) is 11.9 Å². The number of nitrogens with zero attached hydrogens (tertiary/aromatic N) is 1. The molecule has 1 aromatic heterocycles. The maximum absolute atomic E-state index is 12.0. The molecule has 1 unspecified atom stereocenters. The second-order valence-corrected chi connectivity index (χ2v) is 4.73. The van der Waals surface area contributed by atoms with Crippen LogP contribution in [0, 0.1) is 0 Å². The Labute approximate surface area is 117 Å². The van der Waals surface area contributed by atoms with E-state index in [0.29, 0.717) is 17.7 Å². The van der Waals surface area contributed by atoms with Gasteiger partial charge in [-0.3, -0.25) is 4.79 Å². The molecule has 0 aliphatic rings. The van der Waals surface area contributed by atoms with Crippen LogP contribution in [-0.4, -0.2) is 35.5 Å². The quantitative estimate of drug-likeness (QED) is 0.822. The van der Waals surface area contributed by atoms with Crippen molar-refractivity contribution in [2.75, 3.05) is 19.7 Å². The summed E-state index contributed by atoms with van der Waals surface area (Å²) in [5, 5.41) is 14.2. The van der Waals surface area contributed by atoms with Crippen LogP contribution >= 0.6 is 0 Å². The van der Waals surface area contributed by atoms with Gasteiger partial charge in [-0.2, -0.15) is 0 Å². The van der Waals surface area contributed by atoms with Gasteiger partial charge < -0.3 is 19.7 Å². The second kappa shape index (κ2) is 6.54. The molecule has 0 saturated carbocycles. The molecule has 1 aromatic carbocycles. The molecular weight excluding hydrogens is 256 g/mol. The van der Waals surface area contributed by atoms with E-state index in [1.54, 1.807) is 19.3 Å². The van der Waals surface area contributed by atoms with Crippen LogP contribution in [0.1, 0.15) is 6.92 Å². The first kappa shape index (κ1) is 14.6. The highest BCUT2D eigenvalue weighted by Crippen LogP contribution is 2.22. The van der Waals surface area contributed by atoms with Crippen molar-refractivity contribution in [2.45, 2.75) is 13.0 Å². The molecule has 20 heavy (non-hydrogen) atoms. The summed E-state index contributed by atoms with van der Waals surface area (Å²) in [7, 11) is 1.69. The Hall–Kier alpha value is -1.85. The summed E-state index contributed by atoms with van der Waals surface area (Å²) in [6.45, 7) is 3.46.